The first-order valence-electron chi connectivity index (χ1n) is 7.12. The summed E-state index contributed by atoms with van der Waals surface area (Å²) in [4.78, 5) is 0. The standard InChI is InChI=1S/C15H27.2W/c1-3-13-6-10-15(11-7-13)14-8-4-12(2)5-9-14;;/h12-15H,2-11H2,1H3;;/q-1;;. The van der Waals surface area contributed by atoms with Crippen molar-refractivity contribution < 1.29 is 42.1 Å². The van der Waals surface area contributed by atoms with Gasteiger partial charge in [-0.1, -0.05) is 51.9 Å². The molecule has 0 amide bonds. The van der Waals surface area contributed by atoms with Crippen molar-refractivity contribution in [2.45, 2.75) is 64.7 Å². The Bertz CT molecular complexity index is 177. The van der Waals surface area contributed by atoms with Crippen LogP contribution in [0.3, 0.4) is 0 Å². The zero-order valence-electron chi connectivity index (χ0n) is 11.2. The Hall–Kier alpha value is 1.38. The molecule has 0 radical (unpaired) electrons. The van der Waals surface area contributed by atoms with E-state index < -0.39 is 0 Å². The van der Waals surface area contributed by atoms with Gasteiger partial charge in [-0.25, -0.2) is 0 Å². The van der Waals surface area contributed by atoms with Crippen molar-refractivity contribution in [1.29, 1.82) is 0 Å². The molecule has 2 aliphatic rings. The third kappa shape index (κ3) is 5.48. The first kappa shape index (κ1) is 18.4. The zero-order valence-corrected chi connectivity index (χ0v) is 17.1. The van der Waals surface area contributed by atoms with E-state index >= 15 is 0 Å². The molecule has 2 fully saturated rings. The molecule has 0 nitrogen and oxygen atoms in total. The molecular formula is C15H27W2-. The van der Waals surface area contributed by atoms with Gasteiger partial charge in [-0.05, 0) is 30.6 Å². The first-order chi connectivity index (χ1) is 7.29. The van der Waals surface area contributed by atoms with Gasteiger partial charge in [0, 0.05) is 42.1 Å². The van der Waals surface area contributed by atoms with Gasteiger partial charge in [0.25, 0.3) is 0 Å². The van der Waals surface area contributed by atoms with Crippen LogP contribution in [-0.2, 0) is 42.1 Å². The fraction of sp³-hybridized carbons (Fsp3) is 0.933. The minimum Gasteiger partial charge on any atom is -0.340 e. The summed E-state index contributed by atoms with van der Waals surface area (Å²) in [7, 11) is 0. The summed E-state index contributed by atoms with van der Waals surface area (Å²) < 4.78 is 0. The van der Waals surface area contributed by atoms with E-state index in [4.69, 9.17) is 0 Å². The van der Waals surface area contributed by atoms with Crippen LogP contribution in [0.25, 0.3) is 0 Å². The van der Waals surface area contributed by atoms with E-state index in [-0.39, 0.29) is 42.1 Å². The van der Waals surface area contributed by atoms with Gasteiger partial charge in [-0.15, -0.1) is 0 Å². The van der Waals surface area contributed by atoms with Crippen LogP contribution in [0.2, 0.25) is 0 Å². The molecular weight excluding hydrogens is 548 g/mol. The Morgan fingerprint density at radius 2 is 1.18 bits per heavy atom. The third-order valence-corrected chi connectivity index (χ3v) is 5.03. The maximum absolute atomic E-state index is 4.20. The second-order valence-electron chi connectivity index (χ2n) is 5.97. The van der Waals surface area contributed by atoms with E-state index in [9.17, 15) is 0 Å². The summed E-state index contributed by atoms with van der Waals surface area (Å²) in [6, 6.07) is 0. The van der Waals surface area contributed by atoms with E-state index in [1.807, 2.05) is 0 Å². The van der Waals surface area contributed by atoms with E-state index in [0.29, 0.717) is 0 Å². The summed E-state index contributed by atoms with van der Waals surface area (Å²) in [5, 5.41) is 0. The molecule has 0 atom stereocenters. The molecule has 0 saturated heterocycles. The molecule has 0 bridgehead atoms. The average molecular weight is 575 g/mol. The molecule has 17 heavy (non-hydrogen) atoms. The SMILES string of the molecule is [CH2-]C1CCC(C2CCC(CC)CC2)CC1.[W].[W]. The van der Waals surface area contributed by atoms with Crippen molar-refractivity contribution in [2.75, 3.05) is 0 Å². The predicted octanol–water partition coefficient (Wildman–Crippen LogP) is 4.84. The maximum atomic E-state index is 4.20. The first-order valence-corrected chi connectivity index (χ1v) is 7.12. The fourth-order valence-corrected chi connectivity index (χ4v) is 3.73. The van der Waals surface area contributed by atoms with Crippen LogP contribution in [0.4, 0.5) is 0 Å². The van der Waals surface area contributed by atoms with Crippen molar-refractivity contribution in [1.82, 2.24) is 0 Å². The molecule has 0 unspecified atom stereocenters. The van der Waals surface area contributed by atoms with Gasteiger partial charge in [0.05, 0.1) is 0 Å². The molecule has 0 aromatic heterocycles. The summed E-state index contributed by atoms with van der Waals surface area (Å²) in [5.41, 5.74) is 0. The van der Waals surface area contributed by atoms with Gasteiger partial charge in [-0.2, -0.15) is 5.92 Å². The molecule has 0 heterocycles. The number of hydrogen-bond acceptors (Lipinski definition) is 0. The van der Waals surface area contributed by atoms with Crippen molar-refractivity contribution in [3.8, 4) is 0 Å². The van der Waals surface area contributed by atoms with E-state index in [1.165, 1.54) is 57.8 Å². The fourth-order valence-electron chi connectivity index (χ4n) is 3.73. The van der Waals surface area contributed by atoms with Crippen LogP contribution in [0, 0.1) is 30.6 Å². The quantitative estimate of drug-likeness (QED) is 0.414. The Kier molecular flexibility index (Phi) is 10.1. The zero-order chi connectivity index (χ0) is 10.7. The number of hydrogen-bond donors (Lipinski definition) is 0. The van der Waals surface area contributed by atoms with Gasteiger partial charge in [0.15, 0.2) is 0 Å². The molecule has 2 aliphatic carbocycles. The minimum absolute atomic E-state index is 0. The van der Waals surface area contributed by atoms with Crippen LogP contribution in [0.5, 0.6) is 0 Å². The smallest absolute Gasteiger partial charge is 0 e. The van der Waals surface area contributed by atoms with Crippen molar-refractivity contribution in [3.63, 3.8) is 0 Å². The predicted molar refractivity (Wildman–Crippen MR) is 66.5 cm³/mol. The molecule has 0 aromatic rings. The molecule has 0 aliphatic heterocycles. The van der Waals surface area contributed by atoms with Crippen molar-refractivity contribution in [3.05, 3.63) is 6.92 Å². The van der Waals surface area contributed by atoms with E-state index in [0.717, 1.165) is 23.7 Å². The van der Waals surface area contributed by atoms with Crippen LogP contribution in [0.1, 0.15) is 64.7 Å². The second-order valence-corrected chi connectivity index (χ2v) is 5.97. The minimum atomic E-state index is 0. The molecule has 0 aromatic carbocycles. The van der Waals surface area contributed by atoms with Gasteiger partial charge in [-0.3, -0.25) is 0 Å². The Morgan fingerprint density at radius 1 is 0.765 bits per heavy atom. The van der Waals surface area contributed by atoms with Gasteiger partial charge in [0.2, 0.25) is 0 Å². The molecule has 2 saturated carbocycles. The molecule has 2 rings (SSSR count). The Morgan fingerprint density at radius 3 is 1.59 bits per heavy atom. The summed E-state index contributed by atoms with van der Waals surface area (Å²) >= 11 is 0. The van der Waals surface area contributed by atoms with Crippen LogP contribution < -0.4 is 0 Å². The maximum Gasteiger partial charge on any atom is 0 e. The Labute approximate surface area is 137 Å². The van der Waals surface area contributed by atoms with Crippen molar-refractivity contribution in [2.24, 2.45) is 23.7 Å². The normalized spacial score (nSPS) is 37.8. The topological polar surface area (TPSA) is 0 Å². The summed E-state index contributed by atoms with van der Waals surface area (Å²) in [5.74, 6) is 3.99. The van der Waals surface area contributed by atoms with Crippen LogP contribution >= 0.6 is 0 Å². The summed E-state index contributed by atoms with van der Waals surface area (Å²) in [6.45, 7) is 6.56. The summed E-state index contributed by atoms with van der Waals surface area (Å²) in [6.07, 6.45) is 13.3. The monoisotopic (exact) mass is 575 g/mol. The Balaban J connectivity index is 0.00000128. The van der Waals surface area contributed by atoms with E-state index in [2.05, 4.69) is 13.8 Å². The van der Waals surface area contributed by atoms with E-state index in [1.54, 1.807) is 0 Å². The second kappa shape index (κ2) is 9.31. The molecule has 0 N–H and O–H groups in total. The van der Waals surface area contributed by atoms with Gasteiger partial charge >= 0.3 is 0 Å². The molecule has 100 valence electrons. The average Bonchev–Trinajstić information content (AvgIpc) is 2.30. The largest absolute Gasteiger partial charge is 0.340 e. The molecule has 2 heteroatoms. The third-order valence-electron chi connectivity index (χ3n) is 5.03. The van der Waals surface area contributed by atoms with Crippen LogP contribution in [-0.4, -0.2) is 0 Å². The molecule has 0 spiro atoms. The van der Waals surface area contributed by atoms with Crippen molar-refractivity contribution >= 4 is 0 Å². The number of rotatable bonds is 2. The van der Waals surface area contributed by atoms with Gasteiger partial charge in [0.1, 0.15) is 0 Å². The van der Waals surface area contributed by atoms with Gasteiger partial charge < -0.3 is 6.92 Å². The van der Waals surface area contributed by atoms with Crippen LogP contribution in [0.15, 0.2) is 0 Å².